The molecule has 0 atom stereocenters. The maximum absolute atomic E-state index is 12.8. The minimum Gasteiger partial charge on any atom is -0.493 e. The molecule has 0 bridgehead atoms. The van der Waals surface area contributed by atoms with Gasteiger partial charge in [0, 0.05) is 10.9 Å². The van der Waals surface area contributed by atoms with E-state index in [9.17, 15) is 9.59 Å². The zero-order valence-corrected chi connectivity index (χ0v) is 18.1. The smallest absolute Gasteiger partial charge is 0.355 e. The van der Waals surface area contributed by atoms with E-state index >= 15 is 0 Å². The molecule has 1 heterocycles. The Labute approximate surface area is 178 Å². The van der Waals surface area contributed by atoms with Crippen molar-refractivity contribution in [2.75, 3.05) is 42.7 Å². The van der Waals surface area contributed by atoms with Crippen LogP contribution in [0.25, 0.3) is 21.9 Å². The number of nitrogens with one attached hydrogen (secondary N) is 1. The Morgan fingerprint density at radius 1 is 0.710 bits per heavy atom. The number of methoxy groups -OCH3 is 6. The summed E-state index contributed by atoms with van der Waals surface area (Å²) in [7, 11) is 8.66. The lowest BCUT2D eigenvalue weighted by molar-refractivity contribution is 0.0595. The molecule has 1 aromatic heterocycles. The average molecular weight is 429 g/mol. The monoisotopic (exact) mass is 429 g/mol. The van der Waals surface area contributed by atoms with Crippen molar-refractivity contribution in [3.05, 3.63) is 40.3 Å². The van der Waals surface area contributed by atoms with Crippen molar-refractivity contribution in [1.29, 1.82) is 0 Å². The molecular weight excluding hydrogens is 406 g/mol. The first-order valence-corrected chi connectivity index (χ1v) is 9.14. The maximum atomic E-state index is 12.8. The van der Waals surface area contributed by atoms with Crippen LogP contribution in [0.2, 0.25) is 0 Å². The molecule has 0 amide bonds. The Bertz CT molecular complexity index is 1170. The average Bonchev–Trinajstić information content (AvgIpc) is 2.81. The molecule has 1 N–H and O–H groups in total. The molecule has 9 nitrogen and oxygen atoms in total. The summed E-state index contributed by atoms with van der Waals surface area (Å²) in [6, 6.07) is 6.54. The molecule has 9 heteroatoms. The van der Waals surface area contributed by atoms with Crippen molar-refractivity contribution in [3.8, 4) is 39.9 Å². The number of H-pyrrole nitrogens is 1. The van der Waals surface area contributed by atoms with Gasteiger partial charge >= 0.3 is 5.97 Å². The standard InChI is InChI=1S/C22H23NO8/c1-26-14-9-12-13(10-15(14)27-2)21(24)23-19(22(25)31-6)18(12)11-7-16(28-3)20(30-5)17(8-11)29-4/h7-10H,1-6H3,(H,23,24). The van der Waals surface area contributed by atoms with Gasteiger partial charge in [0.15, 0.2) is 23.0 Å². The van der Waals surface area contributed by atoms with E-state index in [1.165, 1.54) is 42.7 Å². The molecule has 164 valence electrons. The van der Waals surface area contributed by atoms with Gasteiger partial charge in [-0.3, -0.25) is 4.79 Å². The Kier molecular flexibility index (Phi) is 6.24. The summed E-state index contributed by atoms with van der Waals surface area (Å²) in [6.45, 7) is 0. The first kappa shape index (κ1) is 21.8. The quantitative estimate of drug-likeness (QED) is 0.572. The van der Waals surface area contributed by atoms with E-state index in [0.29, 0.717) is 50.6 Å². The highest BCUT2D eigenvalue weighted by molar-refractivity contribution is 6.07. The van der Waals surface area contributed by atoms with Crippen LogP contribution in [-0.2, 0) is 4.74 Å². The van der Waals surface area contributed by atoms with Gasteiger partial charge in [-0.15, -0.1) is 0 Å². The predicted molar refractivity (Wildman–Crippen MR) is 114 cm³/mol. The number of pyridine rings is 1. The van der Waals surface area contributed by atoms with Crippen LogP contribution in [0, 0.1) is 0 Å². The number of carbonyl (C=O) groups is 1. The maximum Gasteiger partial charge on any atom is 0.355 e. The fourth-order valence-electron chi connectivity index (χ4n) is 3.43. The number of ether oxygens (including phenoxy) is 6. The summed E-state index contributed by atoms with van der Waals surface area (Å²) in [6.07, 6.45) is 0. The Hall–Kier alpha value is -3.88. The van der Waals surface area contributed by atoms with Crippen LogP contribution in [0.15, 0.2) is 29.1 Å². The molecule has 2 aromatic carbocycles. The Morgan fingerprint density at radius 2 is 1.23 bits per heavy atom. The van der Waals surface area contributed by atoms with Gasteiger partial charge in [0.05, 0.1) is 48.0 Å². The second-order valence-electron chi connectivity index (χ2n) is 6.36. The normalized spacial score (nSPS) is 10.5. The summed E-state index contributed by atoms with van der Waals surface area (Å²) >= 11 is 0. The molecular formula is C22H23NO8. The van der Waals surface area contributed by atoms with E-state index in [1.807, 2.05) is 0 Å². The van der Waals surface area contributed by atoms with Crippen LogP contribution in [0.4, 0.5) is 0 Å². The van der Waals surface area contributed by atoms with Gasteiger partial charge in [-0.1, -0.05) is 0 Å². The molecule has 0 aliphatic carbocycles. The first-order valence-electron chi connectivity index (χ1n) is 9.14. The zero-order chi connectivity index (χ0) is 22.7. The fourth-order valence-corrected chi connectivity index (χ4v) is 3.43. The third kappa shape index (κ3) is 3.70. The Morgan fingerprint density at radius 3 is 1.68 bits per heavy atom. The molecule has 0 unspecified atom stereocenters. The van der Waals surface area contributed by atoms with Gasteiger partial charge in [-0.2, -0.15) is 0 Å². The number of aromatic nitrogens is 1. The van der Waals surface area contributed by atoms with Crippen LogP contribution in [0.1, 0.15) is 10.5 Å². The summed E-state index contributed by atoms with van der Waals surface area (Å²) in [5.74, 6) is 1.21. The molecule has 3 rings (SSSR count). The van der Waals surface area contributed by atoms with Crippen molar-refractivity contribution in [1.82, 2.24) is 4.98 Å². The number of carbonyl (C=O) groups excluding carboxylic acids is 1. The molecule has 0 saturated carbocycles. The van der Waals surface area contributed by atoms with Gasteiger partial charge < -0.3 is 33.4 Å². The van der Waals surface area contributed by atoms with Gasteiger partial charge in [0.1, 0.15) is 5.69 Å². The summed E-state index contributed by atoms with van der Waals surface area (Å²) in [4.78, 5) is 28.0. The highest BCUT2D eigenvalue weighted by Gasteiger charge is 2.24. The van der Waals surface area contributed by atoms with Crippen LogP contribution in [-0.4, -0.2) is 53.6 Å². The van der Waals surface area contributed by atoms with Crippen LogP contribution in [0.3, 0.4) is 0 Å². The predicted octanol–water partition coefficient (Wildman–Crippen LogP) is 3.02. The second kappa shape index (κ2) is 8.86. The number of fused-ring (bicyclic) bond motifs is 1. The fraction of sp³-hybridized carbons (Fsp3) is 0.273. The first-order chi connectivity index (χ1) is 14.9. The number of benzene rings is 2. The highest BCUT2D eigenvalue weighted by atomic mass is 16.5. The van der Waals surface area contributed by atoms with E-state index < -0.39 is 11.5 Å². The summed E-state index contributed by atoms with van der Waals surface area (Å²) < 4.78 is 31.9. The van der Waals surface area contributed by atoms with Crippen LogP contribution >= 0.6 is 0 Å². The number of esters is 1. The van der Waals surface area contributed by atoms with Crippen molar-refractivity contribution in [2.45, 2.75) is 0 Å². The summed E-state index contributed by atoms with van der Waals surface area (Å²) in [5, 5.41) is 0.755. The second-order valence-corrected chi connectivity index (χ2v) is 6.36. The number of hydrogen-bond donors (Lipinski definition) is 1. The highest BCUT2D eigenvalue weighted by Crippen LogP contribution is 2.44. The van der Waals surface area contributed by atoms with E-state index in [-0.39, 0.29) is 5.69 Å². The molecule has 0 aliphatic rings. The van der Waals surface area contributed by atoms with E-state index in [2.05, 4.69) is 4.98 Å². The third-order valence-electron chi connectivity index (χ3n) is 4.87. The van der Waals surface area contributed by atoms with Crippen LogP contribution in [0.5, 0.6) is 28.7 Å². The van der Waals surface area contributed by atoms with Crippen molar-refractivity contribution < 1.29 is 33.2 Å². The lowest BCUT2D eigenvalue weighted by Crippen LogP contribution is -2.17. The van der Waals surface area contributed by atoms with E-state index in [0.717, 1.165) is 0 Å². The number of aromatic amines is 1. The van der Waals surface area contributed by atoms with E-state index in [4.69, 9.17) is 28.4 Å². The third-order valence-corrected chi connectivity index (χ3v) is 4.87. The van der Waals surface area contributed by atoms with Gasteiger partial charge in [-0.05, 0) is 29.8 Å². The minimum absolute atomic E-state index is 0.0264. The van der Waals surface area contributed by atoms with Crippen molar-refractivity contribution >= 4 is 16.7 Å². The molecule has 31 heavy (non-hydrogen) atoms. The number of rotatable bonds is 7. The molecule has 0 aliphatic heterocycles. The van der Waals surface area contributed by atoms with Crippen molar-refractivity contribution in [3.63, 3.8) is 0 Å². The molecule has 0 fully saturated rings. The van der Waals surface area contributed by atoms with Gasteiger partial charge in [0.25, 0.3) is 5.56 Å². The van der Waals surface area contributed by atoms with Gasteiger partial charge in [-0.25, -0.2) is 4.79 Å². The largest absolute Gasteiger partial charge is 0.493 e. The Balaban J connectivity index is 2.51. The molecule has 0 spiro atoms. The molecule has 3 aromatic rings. The summed E-state index contributed by atoms with van der Waals surface area (Å²) in [5.41, 5.74) is 0.430. The molecule has 0 saturated heterocycles. The van der Waals surface area contributed by atoms with Gasteiger partial charge in [0.2, 0.25) is 5.75 Å². The molecule has 0 radical (unpaired) electrons. The van der Waals surface area contributed by atoms with E-state index in [1.54, 1.807) is 24.3 Å². The lowest BCUT2D eigenvalue weighted by atomic mass is 9.96. The topological polar surface area (TPSA) is 105 Å². The number of hydrogen-bond acceptors (Lipinski definition) is 8. The SMILES string of the molecule is COC(=O)c1[nH]c(=O)c2cc(OC)c(OC)cc2c1-c1cc(OC)c(OC)c(OC)c1. The minimum atomic E-state index is -0.711. The zero-order valence-electron chi connectivity index (χ0n) is 18.1. The lowest BCUT2D eigenvalue weighted by Gasteiger charge is -2.17. The van der Waals surface area contributed by atoms with Crippen LogP contribution < -0.4 is 29.2 Å². The van der Waals surface area contributed by atoms with Crippen molar-refractivity contribution in [2.24, 2.45) is 0 Å².